The summed E-state index contributed by atoms with van der Waals surface area (Å²) in [5.41, 5.74) is 1.59. The molecule has 1 aromatic carbocycles. The van der Waals surface area contributed by atoms with Crippen molar-refractivity contribution < 1.29 is 9.53 Å². The van der Waals surface area contributed by atoms with Crippen LogP contribution >= 0.6 is 15.9 Å². The maximum atomic E-state index is 11.6. The van der Waals surface area contributed by atoms with E-state index in [1.165, 1.54) is 7.11 Å². The lowest BCUT2D eigenvalue weighted by molar-refractivity contribution is 0.102. The van der Waals surface area contributed by atoms with Gasteiger partial charge in [-0.1, -0.05) is 15.9 Å². The molecule has 0 N–H and O–H groups in total. The summed E-state index contributed by atoms with van der Waals surface area (Å²) in [5, 5.41) is 9.15. The number of hydrogen-bond acceptors (Lipinski definition) is 3. The molecule has 1 aromatic rings. The number of ether oxygens (including phenoxy) is 1. The Kier molecular flexibility index (Phi) is 3.87. The van der Waals surface area contributed by atoms with E-state index in [9.17, 15) is 4.79 Å². The third-order valence-electron chi connectivity index (χ3n) is 2.07. The molecule has 0 amide bonds. The largest absolute Gasteiger partial charge is 0.497 e. The van der Waals surface area contributed by atoms with Crippen LogP contribution in [0.1, 0.15) is 21.5 Å². The monoisotopic (exact) mass is 267 g/mol. The van der Waals surface area contributed by atoms with Crippen LogP contribution in [-0.2, 0) is 0 Å². The van der Waals surface area contributed by atoms with Crippen molar-refractivity contribution in [1.29, 1.82) is 5.26 Å². The lowest BCUT2D eigenvalue weighted by Crippen LogP contribution is -2.06. The Morgan fingerprint density at radius 1 is 1.60 bits per heavy atom. The van der Waals surface area contributed by atoms with Gasteiger partial charge in [-0.2, -0.15) is 5.26 Å². The standard InChI is InChI=1S/C11H10BrNO2/c1-7-3-9(15-2)4-8(6-13)11(7)10(14)5-12/h3-4H,5H2,1-2H3. The second-order valence-corrected chi connectivity index (χ2v) is 3.60. The maximum Gasteiger partial charge on any atom is 0.174 e. The Hall–Kier alpha value is -1.34. The summed E-state index contributed by atoms with van der Waals surface area (Å²) in [4.78, 5) is 11.6. The molecule has 0 fully saturated rings. The van der Waals surface area contributed by atoms with Gasteiger partial charge in [0.2, 0.25) is 0 Å². The molecule has 0 saturated carbocycles. The summed E-state index contributed by atoms with van der Waals surface area (Å²) in [6.07, 6.45) is 0. The Bertz CT molecular complexity index is 435. The van der Waals surface area contributed by atoms with E-state index in [0.717, 1.165) is 5.56 Å². The van der Waals surface area contributed by atoms with Crippen LogP contribution in [0.5, 0.6) is 5.75 Å². The van der Waals surface area contributed by atoms with E-state index >= 15 is 0 Å². The van der Waals surface area contributed by atoms with Crippen LogP contribution in [0.25, 0.3) is 0 Å². The highest BCUT2D eigenvalue weighted by Crippen LogP contribution is 2.22. The third kappa shape index (κ3) is 2.37. The van der Waals surface area contributed by atoms with Crippen molar-refractivity contribution in [1.82, 2.24) is 0 Å². The molecule has 3 nitrogen and oxygen atoms in total. The molecule has 0 unspecified atom stereocenters. The van der Waals surface area contributed by atoms with Crippen molar-refractivity contribution in [2.45, 2.75) is 6.92 Å². The average Bonchev–Trinajstić information content (AvgIpc) is 2.26. The topological polar surface area (TPSA) is 50.1 Å². The van der Waals surface area contributed by atoms with Gasteiger partial charge in [-0.05, 0) is 24.6 Å². The molecule has 0 radical (unpaired) electrons. The smallest absolute Gasteiger partial charge is 0.174 e. The molecule has 0 heterocycles. The summed E-state index contributed by atoms with van der Waals surface area (Å²) >= 11 is 3.09. The molecule has 0 aliphatic heterocycles. The zero-order valence-corrected chi connectivity index (χ0v) is 10.1. The first-order chi connectivity index (χ1) is 7.13. The molecule has 1 rings (SSSR count). The molecule has 0 atom stereocenters. The highest BCUT2D eigenvalue weighted by Gasteiger charge is 2.14. The molecule has 0 aliphatic rings. The maximum absolute atomic E-state index is 11.6. The zero-order chi connectivity index (χ0) is 11.4. The predicted octanol–water partition coefficient (Wildman–Crippen LogP) is 2.45. The minimum Gasteiger partial charge on any atom is -0.497 e. The molecule has 4 heteroatoms. The molecule has 0 saturated heterocycles. The fourth-order valence-electron chi connectivity index (χ4n) is 1.40. The number of nitrogens with zero attached hydrogens (tertiary/aromatic N) is 1. The van der Waals surface area contributed by atoms with Crippen molar-refractivity contribution in [3.05, 3.63) is 28.8 Å². The number of ketones is 1. The number of benzene rings is 1. The van der Waals surface area contributed by atoms with Gasteiger partial charge in [0, 0.05) is 5.56 Å². The van der Waals surface area contributed by atoms with Crippen LogP contribution < -0.4 is 4.74 Å². The van der Waals surface area contributed by atoms with Crippen LogP contribution in [0.2, 0.25) is 0 Å². The van der Waals surface area contributed by atoms with Gasteiger partial charge in [0.1, 0.15) is 11.8 Å². The molecular formula is C11H10BrNO2. The molecule has 0 bridgehead atoms. The number of carbonyl (C=O) groups excluding carboxylic acids is 1. The van der Waals surface area contributed by atoms with Gasteiger partial charge in [0.15, 0.2) is 5.78 Å². The van der Waals surface area contributed by atoms with Gasteiger partial charge in [-0.3, -0.25) is 4.79 Å². The lowest BCUT2D eigenvalue weighted by atomic mass is 9.99. The van der Waals surface area contributed by atoms with Crippen molar-refractivity contribution in [3.63, 3.8) is 0 Å². The van der Waals surface area contributed by atoms with E-state index in [4.69, 9.17) is 10.00 Å². The summed E-state index contributed by atoms with van der Waals surface area (Å²) in [7, 11) is 1.53. The molecule has 78 valence electrons. The summed E-state index contributed by atoms with van der Waals surface area (Å²) in [6, 6.07) is 5.32. The van der Waals surface area contributed by atoms with Gasteiger partial charge in [-0.15, -0.1) is 0 Å². The van der Waals surface area contributed by atoms with Crippen molar-refractivity contribution in [3.8, 4) is 11.8 Å². The van der Waals surface area contributed by atoms with Gasteiger partial charge < -0.3 is 4.74 Å². The molecule has 0 spiro atoms. The molecule has 0 aromatic heterocycles. The van der Waals surface area contributed by atoms with E-state index in [-0.39, 0.29) is 11.1 Å². The SMILES string of the molecule is COc1cc(C)c(C(=O)CBr)c(C#N)c1. The van der Waals surface area contributed by atoms with Crippen LogP contribution in [0.15, 0.2) is 12.1 Å². The Morgan fingerprint density at radius 2 is 2.27 bits per heavy atom. The molecule has 15 heavy (non-hydrogen) atoms. The first kappa shape index (κ1) is 11.7. The number of methoxy groups -OCH3 is 1. The number of alkyl halides is 1. The van der Waals surface area contributed by atoms with Gasteiger partial charge in [0.05, 0.1) is 18.0 Å². The van der Waals surface area contributed by atoms with Crippen LogP contribution in [-0.4, -0.2) is 18.2 Å². The highest BCUT2D eigenvalue weighted by molar-refractivity contribution is 9.09. The Labute approximate surface area is 96.8 Å². The number of hydrogen-bond donors (Lipinski definition) is 0. The third-order valence-corrected chi connectivity index (χ3v) is 2.57. The predicted molar refractivity (Wildman–Crippen MR) is 60.6 cm³/mol. The summed E-state index contributed by atoms with van der Waals surface area (Å²) in [6.45, 7) is 1.79. The van der Waals surface area contributed by atoms with E-state index in [2.05, 4.69) is 15.9 Å². The van der Waals surface area contributed by atoms with Gasteiger partial charge in [0.25, 0.3) is 0 Å². The zero-order valence-electron chi connectivity index (χ0n) is 8.50. The lowest BCUT2D eigenvalue weighted by Gasteiger charge is -2.08. The fourth-order valence-corrected chi connectivity index (χ4v) is 1.68. The van der Waals surface area contributed by atoms with E-state index in [1.54, 1.807) is 19.1 Å². The number of carbonyl (C=O) groups is 1. The van der Waals surface area contributed by atoms with Crippen molar-refractivity contribution in [2.75, 3.05) is 12.4 Å². The molecule has 0 aliphatic carbocycles. The number of halogens is 1. The van der Waals surface area contributed by atoms with Crippen molar-refractivity contribution in [2.24, 2.45) is 0 Å². The second-order valence-electron chi connectivity index (χ2n) is 3.04. The quantitative estimate of drug-likeness (QED) is 0.625. The number of rotatable bonds is 3. The first-order valence-electron chi connectivity index (χ1n) is 4.32. The number of nitriles is 1. The van der Waals surface area contributed by atoms with Crippen LogP contribution in [0, 0.1) is 18.3 Å². The minimum absolute atomic E-state index is 0.0910. The Morgan fingerprint density at radius 3 is 2.73 bits per heavy atom. The van der Waals surface area contributed by atoms with E-state index in [1.807, 2.05) is 6.07 Å². The van der Waals surface area contributed by atoms with Crippen molar-refractivity contribution >= 4 is 21.7 Å². The molecular weight excluding hydrogens is 258 g/mol. The number of aryl methyl sites for hydroxylation is 1. The minimum atomic E-state index is -0.0910. The van der Waals surface area contributed by atoms with Crippen LogP contribution in [0.4, 0.5) is 0 Å². The summed E-state index contributed by atoms with van der Waals surface area (Å²) < 4.78 is 5.03. The van der Waals surface area contributed by atoms with Crippen LogP contribution in [0.3, 0.4) is 0 Å². The van der Waals surface area contributed by atoms with Gasteiger partial charge >= 0.3 is 0 Å². The average molecular weight is 268 g/mol. The normalized spacial score (nSPS) is 9.47. The Balaban J connectivity index is 3.39. The first-order valence-corrected chi connectivity index (χ1v) is 5.44. The summed E-state index contributed by atoms with van der Waals surface area (Å²) in [5.74, 6) is 0.502. The highest BCUT2D eigenvalue weighted by atomic mass is 79.9. The number of Topliss-reactive ketones (excluding diaryl/α,β-unsaturated/α-hetero) is 1. The van der Waals surface area contributed by atoms with Gasteiger partial charge in [-0.25, -0.2) is 0 Å². The van der Waals surface area contributed by atoms with E-state index < -0.39 is 0 Å². The van der Waals surface area contributed by atoms with E-state index in [0.29, 0.717) is 16.9 Å². The fraction of sp³-hybridized carbons (Fsp3) is 0.273. The second kappa shape index (κ2) is 4.94.